The zero-order valence-corrected chi connectivity index (χ0v) is 15.8. The third kappa shape index (κ3) is 4.63. The van der Waals surface area contributed by atoms with Gasteiger partial charge in [0.25, 0.3) is 0 Å². The fourth-order valence-corrected chi connectivity index (χ4v) is 2.76. The van der Waals surface area contributed by atoms with Crippen molar-refractivity contribution in [2.45, 2.75) is 52.7 Å². The zero-order valence-electron chi connectivity index (χ0n) is 15.8. The van der Waals surface area contributed by atoms with Gasteiger partial charge in [-0.15, -0.1) is 10.2 Å². The Morgan fingerprint density at radius 2 is 1.84 bits per heavy atom. The van der Waals surface area contributed by atoms with E-state index in [1.807, 2.05) is 38.1 Å². The predicted molar refractivity (Wildman–Crippen MR) is 95.4 cm³/mol. The molecule has 0 aliphatic rings. The molecule has 1 heterocycles. The van der Waals surface area contributed by atoms with Crippen molar-refractivity contribution in [2.24, 2.45) is 18.2 Å². The maximum absolute atomic E-state index is 12.7. The lowest BCUT2D eigenvalue weighted by Gasteiger charge is -2.34. The zero-order chi connectivity index (χ0) is 18.8. The molecule has 25 heavy (non-hydrogen) atoms. The van der Waals surface area contributed by atoms with Gasteiger partial charge in [0.1, 0.15) is 5.54 Å². The molecule has 0 saturated carbocycles. The highest BCUT2D eigenvalue weighted by Crippen LogP contribution is 2.35. The smallest absolute Gasteiger partial charge is 0.331 e. The second-order valence-corrected chi connectivity index (χ2v) is 7.84. The van der Waals surface area contributed by atoms with Gasteiger partial charge in [-0.2, -0.15) is 4.80 Å². The average Bonchev–Trinajstić information content (AvgIpc) is 2.91. The van der Waals surface area contributed by atoms with Crippen LogP contribution in [-0.4, -0.2) is 32.3 Å². The first-order valence-corrected chi connectivity index (χ1v) is 8.36. The highest BCUT2D eigenvalue weighted by molar-refractivity contribution is 5.83. The van der Waals surface area contributed by atoms with Crippen LogP contribution < -0.4 is 5.73 Å². The van der Waals surface area contributed by atoms with E-state index >= 15 is 0 Å². The summed E-state index contributed by atoms with van der Waals surface area (Å²) in [7, 11) is 1.71. The third-order valence-electron chi connectivity index (χ3n) is 3.68. The van der Waals surface area contributed by atoms with Crippen LogP contribution in [0.4, 0.5) is 0 Å². The van der Waals surface area contributed by atoms with Crippen molar-refractivity contribution >= 4 is 5.97 Å². The summed E-state index contributed by atoms with van der Waals surface area (Å²) in [6, 6.07) is 7.36. The van der Waals surface area contributed by atoms with E-state index in [1.165, 1.54) is 4.80 Å². The lowest BCUT2D eigenvalue weighted by atomic mass is 9.76. The van der Waals surface area contributed by atoms with Crippen molar-refractivity contribution < 1.29 is 9.53 Å². The van der Waals surface area contributed by atoms with Gasteiger partial charge < -0.3 is 10.5 Å². The van der Waals surface area contributed by atoms with E-state index in [-0.39, 0.29) is 11.5 Å². The molecule has 1 aromatic carbocycles. The molecule has 2 aromatic rings. The molecule has 2 rings (SSSR count). The SMILES string of the molecule is CC(C)OC(=O)C(N)(CC(C)(C)C)c1ccc(-c2nnn(C)n2)cc1. The quantitative estimate of drug-likeness (QED) is 0.836. The monoisotopic (exact) mass is 345 g/mol. The molecule has 0 aliphatic carbocycles. The molecule has 0 amide bonds. The second-order valence-electron chi connectivity index (χ2n) is 7.84. The number of ether oxygens (including phenoxy) is 1. The Labute approximate surface area is 148 Å². The summed E-state index contributed by atoms with van der Waals surface area (Å²) in [6.45, 7) is 9.79. The van der Waals surface area contributed by atoms with E-state index in [0.29, 0.717) is 17.8 Å². The normalized spacial score (nSPS) is 14.4. The second kappa shape index (κ2) is 6.92. The molecular formula is C18H27N5O2. The van der Waals surface area contributed by atoms with Crippen molar-refractivity contribution in [1.29, 1.82) is 0 Å². The number of carbonyl (C=O) groups excluding carboxylic acids is 1. The molecule has 0 saturated heterocycles. The average molecular weight is 345 g/mol. The first-order chi connectivity index (χ1) is 11.5. The predicted octanol–water partition coefficient (Wildman–Crippen LogP) is 2.42. The van der Waals surface area contributed by atoms with Crippen LogP contribution in [-0.2, 0) is 22.1 Å². The molecule has 7 heteroatoms. The van der Waals surface area contributed by atoms with E-state index in [9.17, 15) is 4.79 Å². The van der Waals surface area contributed by atoms with Gasteiger partial charge in [0, 0.05) is 5.56 Å². The molecular weight excluding hydrogens is 318 g/mol. The Morgan fingerprint density at radius 3 is 2.28 bits per heavy atom. The lowest BCUT2D eigenvalue weighted by Crippen LogP contribution is -2.49. The number of nitrogens with zero attached hydrogens (tertiary/aromatic N) is 4. The number of nitrogens with two attached hydrogens (primary N) is 1. The van der Waals surface area contributed by atoms with Gasteiger partial charge in [-0.25, -0.2) is 4.79 Å². The first-order valence-electron chi connectivity index (χ1n) is 8.36. The third-order valence-corrected chi connectivity index (χ3v) is 3.68. The van der Waals surface area contributed by atoms with Gasteiger partial charge in [-0.3, -0.25) is 0 Å². The number of aryl methyl sites for hydroxylation is 1. The van der Waals surface area contributed by atoms with Crippen LogP contribution in [0.5, 0.6) is 0 Å². The van der Waals surface area contributed by atoms with Gasteiger partial charge in [0.05, 0.1) is 13.2 Å². The molecule has 1 atom stereocenters. The summed E-state index contributed by atoms with van der Waals surface area (Å²) >= 11 is 0. The van der Waals surface area contributed by atoms with Gasteiger partial charge in [-0.05, 0) is 36.5 Å². The van der Waals surface area contributed by atoms with E-state index in [2.05, 4.69) is 36.2 Å². The highest BCUT2D eigenvalue weighted by Gasteiger charge is 2.41. The van der Waals surface area contributed by atoms with Crippen molar-refractivity contribution in [3.63, 3.8) is 0 Å². The van der Waals surface area contributed by atoms with Gasteiger partial charge in [0.2, 0.25) is 5.82 Å². The number of hydrogen-bond donors (Lipinski definition) is 1. The molecule has 0 fully saturated rings. The molecule has 0 aliphatic heterocycles. The van der Waals surface area contributed by atoms with Crippen LogP contribution in [0.2, 0.25) is 0 Å². The standard InChI is InChI=1S/C18H27N5O2/c1-12(2)25-16(24)18(19,11-17(3,4)5)14-9-7-13(8-10-14)15-20-22-23(6)21-15/h7-10,12H,11,19H2,1-6H3. The van der Waals surface area contributed by atoms with Crippen LogP contribution in [0.3, 0.4) is 0 Å². The van der Waals surface area contributed by atoms with Crippen molar-refractivity contribution in [3.8, 4) is 11.4 Å². The topological polar surface area (TPSA) is 95.9 Å². The minimum absolute atomic E-state index is 0.143. The number of hydrogen-bond acceptors (Lipinski definition) is 6. The summed E-state index contributed by atoms with van der Waals surface area (Å²) in [5, 5.41) is 12.0. The summed E-state index contributed by atoms with van der Waals surface area (Å²) < 4.78 is 5.43. The maximum atomic E-state index is 12.7. The number of aromatic nitrogens is 4. The molecule has 7 nitrogen and oxygen atoms in total. The molecule has 2 N–H and O–H groups in total. The Bertz CT molecular complexity index is 731. The molecule has 1 aromatic heterocycles. The number of tetrazole rings is 1. The van der Waals surface area contributed by atoms with Gasteiger partial charge in [-0.1, -0.05) is 45.0 Å². The largest absolute Gasteiger partial charge is 0.461 e. The summed E-state index contributed by atoms with van der Waals surface area (Å²) in [4.78, 5) is 14.1. The maximum Gasteiger partial charge on any atom is 0.331 e. The van der Waals surface area contributed by atoms with E-state index in [1.54, 1.807) is 7.05 Å². The number of esters is 1. The van der Waals surface area contributed by atoms with Crippen LogP contribution >= 0.6 is 0 Å². The summed E-state index contributed by atoms with van der Waals surface area (Å²) in [5.41, 5.74) is 6.73. The minimum Gasteiger partial charge on any atom is -0.461 e. The highest BCUT2D eigenvalue weighted by atomic mass is 16.5. The first kappa shape index (κ1) is 19.1. The molecule has 0 radical (unpaired) electrons. The van der Waals surface area contributed by atoms with Crippen LogP contribution in [0.1, 0.15) is 46.6 Å². The van der Waals surface area contributed by atoms with Gasteiger partial charge >= 0.3 is 5.97 Å². The van der Waals surface area contributed by atoms with Gasteiger partial charge in [0.15, 0.2) is 0 Å². The molecule has 0 spiro atoms. The number of benzene rings is 1. The minimum atomic E-state index is -1.21. The van der Waals surface area contributed by atoms with Crippen LogP contribution in [0, 0.1) is 5.41 Å². The lowest BCUT2D eigenvalue weighted by molar-refractivity contribution is -0.156. The van der Waals surface area contributed by atoms with E-state index in [0.717, 1.165) is 5.56 Å². The number of carbonyl (C=O) groups is 1. The summed E-state index contributed by atoms with van der Waals surface area (Å²) in [6.07, 6.45) is 0.243. The molecule has 136 valence electrons. The van der Waals surface area contributed by atoms with Crippen LogP contribution in [0.25, 0.3) is 11.4 Å². The van der Waals surface area contributed by atoms with E-state index in [4.69, 9.17) is 10.5 Å². The Kier molecular flexibility index (Phi) is 5.27. The van der Waals surface area contributed by atoms with Crippen molar-refractivity contribution in [3.05, 3.63) is 29.8 Å². The van der Waals surface area contributed by atoms with E-state index < -0.39 is 11.5 Å². The Balaban J connectivity index is 2.38. The van der Waals surface area contributed by atoms with Crippen LogP contribution in [0.15, 0.2) is 24.3 Å². The summed E-state index contributed by atoms with van der Waals surface area (Å²) in [5.74, 6) is 0.111. The molecule has 0 bridgehead atoms. The fourth-order valence-electron chi connectivity index (χ4n) is 2.76. The number of rotatable bonds is 5. The van der Waals surface area contributed by atoms with Crippen molar-refractivity contribution in [2.75, 3.05) is 0 Å². The molecule has 1 unspecified atom stereocenters. The fraction of sp³-hybridized carbons (Fsp3) is 0.556. The van der Waals surface area contributed by atoms with Crippen molar-refractivity contribution in [1.82, 2.24) is 20.2 Å². The Morgan fingerprint density at radius 1 is 1.24 bits per heavy atom. The Hall–Kier alpha value is -2.28.